The summed E-state index contributed by atoms with van der Waals surface area (Å²) in [6, 6.07) is 7.29. The van der Waals surface area contributed by atoms with Crippen LogP contribution in [0.3, 0.4) is 0 Å². The number of aromatic nitrogens is 2. The van der Waals surface area contributed by atoms with E-state index >= 15 is 0 Å². The molecule has 0 amide bonds. The first-order valence-electron chi connectivity index (χ1n) is 5.87. The lowest BCUT2D eigenvalue weighted by atomic mass is 10.1. The number of aryl methyl sites for hydroxylation is 2. The average molecular weight is 279 g/mol. The van der Waals surface area contributed by atoms with Gasteiger partial charge in [-0.3, -0.25) is 4.79 Å². The van der Waals surface area contributed by atoms with Crippen molar-refractivity contribution in [1.82, 2.24) is 9.78 Å². The molecule has 0 aliphatic rings. The molecule has 100 valence electrons. The summed E-state index contributed by atoms with van der Waals surface area (Å²) >= 11 is 6.12. The lowest BCUT2D eigenvalue weighted by Crippen LogP contribution is -2.06. The number of hydrogen-bond acceptors (Lipinski definition) is 3. The van der Waals surface area contributed by atoms with Crippen LogP contribution in [0.25, 0.3) is 0 Å². The number of ether oxygens (including phenoxy) is 1. The minimum Gasteiger partial charge on any atom is -0.481 e. The highest BCUT2D eigenvalue weighted by molar-refractivity contribution is 6.31. The molecule has 0 aliphatic carbocycles. The Balaban J connectivity index is 2.20. The average Bonchev–Trinajstić information content (AvgIpc) is 2.74. The minimum atomic E-state index is -0.0790. The van der Waals surface area contributed by atoms with Crippen molar-refractivity contribution in [2.24, 2.45) is 7.05 Å². The zero-order valence-electron chi connectivity index (χ0n) is 11.1. The number of nitrogens with zero attached hydrogens (tertiary/aromatic N) is 2. The molecule has 2 rings (SSSR count). The van der Waals surface area contributed by atoms with E-state index in [9.17, 15) is 4.79 Å². The molecule has 2 aromatic rings. The van der Waals surface area contributed by atoms with Gasteiger partial charge in [0.05, 0.1) is 7.11 Å². The molecule has 0 spiro atoms. The fourth-order valence-corrected chi connectivity index (χ4v) is 2.14. The van der Waals surface area contributed by atoms with Crippen LogP contribution in [0.4, 0.5) is 0 Å². The Bertz CT molecular complexity index is 620. The summed E-state index contributed by atoms with van der Waals surface area (Å²) in [6.45, 7) is 1.96. The van der Waals surface area contributed by atoms with E-state index in [4.69, 9.17) is 16.3 Å². The third-order valence-corrected chi connectivity index (χ3v) is 3.24. The molecule has 5 heteroatoms. The van der Waals surface area contributed by atoms with Crippen LogP contribution in [-0.2, 0) is 13.5 Å². The maximum absolute atomic E-state index is 12.1. The highest BCUT2D eigenvalue weighted by Gasteiger charge is 2.15. The van der Waals surface area contributed by atoms with E-state index < -0.39 is 0 Å². The predicted molar refractivity (Wildman–Crippen MR) is 74.0 cm³/mol. The quantitative estimate of drug-likeness (QED) is 0.808. The molecule has 1 aromatic carbocycles. The third-order valence-electron chi connectivity index (χ3n) is 2.89. The molecule has 0 saturated heterocycles. The first-order valence-corrected chi connectivity index (χ1v) is 6.25. The Labute approximate surface area is 116 Å². The lowest BCUT2D eigenvalue weighted by Gasteiger charge is -2.03. The van der Waals surface area contributed by atoms with Gasteiger partial charge in [0.1, 0.15) is 5.69 Å². The third kappa shape index (κ3) is 2.96. The molecule has 0 N–H and O–H groups in total. The van der Waals surface area contributed by atoms with Gasteiger partial charge in [-0.05, 0) is 24.1 Å². The number of halogens is 1. The van der Waals surface area contributed by atoms with Crippen molar-refractivity contribution in [3.8, 4) is 5.88 Å². The number of ketones is 1. The van der Waals surface area contributed by atoms with Crippen LogP contribution >= 0.6 is 11.6 Å². The molecule has 0 atom stereocenters. The Hall–Kier alpha value is -1.81. The second-order valence-corrected chi connectivity index (χ2v) is 4.80. The van der Waals surface area contributed by atoms with Gasteiger partial charge in [-0.25, -0.2) is 4.68 Å². The molecule has 0 aliphatic heterocycles. The fraction of sp³-hybridized carbons (Fsp3) is 0.286. The van der Waals surface area contributed by atoms with Crippen molar-refractivity contribution in [3.63, 3.8) is 0 Å². The Morgan fingerprint density at radius 3 is 2.74 bits per heavy atom. The topological polar surface area (TPSA) is 44.1 Å². The van der Waals surface area contributed by atoms with Gasteiger partial charge in [0.2, 0.25) is 5.88 Å². The molecule has 1 aromatic heterocycles. The van der Waals surface area contributed by atoms with Gasteiger partial charge in [-0.1, -0.05) is 23.7 Å². The summed E-state index contributed by atoms with van der Waals surface area (Å²) in [5.41, 5.74) is 2.26. The van der Waals surface area contributed by atoms with Gasteiger partial charge in [0.25, 0.3) is 0 Å². The minimum absolute atomic E-state index is 0.0790. The SMILES string of the molecule is COc1cc(C(=O)Cc2ccc(C)cc2Cl)nn1C. The van der Waals surface area contributed by atoms with Gasteiger partial charge in [0.15, 0.2) is 5.78 Å². The number of methoxy groups -OCH3 is 1. The molecule has 0 unspecified atom stereocenters. The van der Waals surface area contributed by atoms with Crippen LogP contribution < -0.4 is 4.74 Å². The first kappa shape index (κ1) is 13.6. The molecule has 0 fully saturated rings. The molecular weight excluding hydrogens is 264 g/mol. The number of rotatable bonds is 4. The van der Waals surface area contributed by atoms with E-state index in [1.165, 1.54) is 4.68 Å². The van der Waals surface area contributed by atoms with Crippen molar-refractivity contribution >= 4 is 17.4 Å². The number of benzene rings is 1. The van der Waals surface area contributed by atoms with E-state index in [1.807, 2.05) is 25.1 Å². The van der Waals surface area contributed by atoms with Gasteiger partial charge in [0, 0.05) is 24.6 Å². The summed E-state index contributed by atoms with van der Waals surface area (Å²) in [5.74, 6) is 0.475. The number of Topliss-reactive ketones (excluding diaryl/α,β-unsaturated/α-hetero) is 1. The second kappa shape index (κ2) is 5.45. The van der Waals surface area contributed by atoms with E-state index in [1.54, 1.807) is 20.2 Å². The zero-order chi connectivity index (χ0) is 14.0. The Kier molecular flexibility index (Phi) is 3.90. The number of hydrogen-bond donors (Lipinski definition) is 0. The molecule has 0 saturated carbocycles. The van der Waals surface area contributed by atoms with Crippen LogP contribution in [0.2, 0.25) is 5.02 Å². The highest BCUT2D eigenvalue weighted by Crippen LogP contribution is 2.20. The Morgan fingerprint density at radius 1 is 1.42 bits per heavy atom. The normalized spacial score (nSPS) is 10.5. The summed E-state index contributed by atoms with van der Waals surface area (Å²) in [4.78, 5) is 12.1. The Morgan fingerprint density at radius 2 is 2.16 bits per heavy atom. The molecule has 1 heterocycles. The number of carbonyl (C=O) groups excluding carboxylic acids is 1. The molecule has 0 radical (unpaired) electrons. The van der Waals surface area contributed by atoms with E-state index in [0.717, 1.165) is 11.1 Å². The molecular formula is C14H15ClN2O2. The van der Waals surface area contributed by atoms with Gasteiger partial charge < -0.3 is 4.74 Å². The second-order valence-electron chi connectivity index (χ2n) is 4.39. The van der Waals surface area contributed by atoms with Gasteiger partial charge in [-0.15, -0.1) is 0 Å². The first-order chi connectivity index (χ1) is 9.01. The summed E-state index contributed by atoms with van der Waals surface area (Å²) in [5, 5.41) is 4.73. The molecule has 4 nitrogen and oxygen atoms in total. The van der Waals surface area contributed by atoms with Crippen LogP contribution in [0.5, 0.6) is 5.88 Å². The van der Waals surface area contributed by atoms with E-state index in [0.29, 0.717) is 16.6 Å². The fourth-order valence-electron chi connectivity index (χ4n) is 1.84. The summed E-state index contributed by atoms with van der Waals surface area (Å²) in [6.07, 6.45) is 0.235. The molecule has 0 bridgehead atoms. The van der Waals surface area contributed by atoms with Crippen molar-refractivity contribution in [3.05, 3.63) is 46.1 Å². The van der Waals surface area contributed by atoms with Crippen molar-refractivity contribution in [2.75, 3.05) is 7.11 Å². The van der Waals surface area contributed by atoms with Crippen LogP contribution in [0, 0.1) is 6.92 Å². The maximum atomic E-state index is 12.1. The van der Waals surface area contributed by atoms with Crippen molar-refractivity contribution in [2.45, 2.75) is 13.3 Å². The number of carbonyl (C=O) groups is 1. The standard InChI is InChI=1S/C14H15ClN2O2/c1-9-4-5-10(11(15)6-9)7-13(18)12-8-14(19-3)17(2)16-12/h4-6,8H,7H2,1-3H3. The maximum Gasteiger partial charge on any atom is 0.211 e. The predicted octanol–water partition coefficient (Wildman–Crippen LogP) is 2.82. The van der Waals surface area contributed by atoms with E-state index in [-0.39, 0.29) is 12.2 Å². The van der Waals surface area contributed by atoms with Crippen LogP contribution in [0.1, 0.15) is 21.6 Å². The van der Waals surface area contributed by atoms with E-state index in [2.05, 4.69) is 5.10 Å². The largest absolute Gasteiger partial charge is 0.481 e. The summed E-state index contributed by atoms with van der Waals surface area (Å²) in [7, 11) is 3.27. The summed E-state index contributed by atoms with van der Waals surface area (Å²) < 4.78 is 6.62. The molecule has 19 heavy (non-hydrogen) atoms. The van der Waals surface area contributed by atoms with Gasteiger partial charge in [-0.2, -0.15) is 5.10 Å². The zero-order valence-corrected chi connectivity index (χ0v) is 11.9. The smallest absolute Gasteiger partial charge is 0.211 e. The van der Waals surface area contributed by atoms with Gasteiger partial charge >= 0.3 is 0 Å². The highest BCUT2D eigenvalue weighted by atomic mass is 35.5. The monoisotopic (exact) mass is 278 g/mol. The van der Waals surface area contributed by atoms with Crippen molar-refractivity contribution < 1.29 is 9.53 Å². The lowest BCUT2D eigenvalue weighted by molar-refractivity contribution is 0.0987. The van der Waals surface area contributed by atoms with Crippen molar-refractivity contribution in [1.29, 1.82) is 0 Å². The van der Waals surface area contributed by atoms with Crippen LogP contribution in [0.15, 0.2) is 24.3 Å². The van der Waals surface area contributed by atoms with Crippen LogP contribution in [-0.4, -0.2) is 22.7 Å².